The van der Waals surface area contributed by atoms with Crippen molar-refractivity contribution in [2.75, 3.05) is 6.61 Å². The van der Waals surface area contributed by atoms with Crippen LogP contribution in [-0.4, -0.2) is 6.61 Å². The van der Waals surface area contributed by atoms with Gasteiger partial charge in [0, 0.05) is 4.88 Å². The van der Waals surface area contributed by atoms with Crippen LogP contribution in [0.5, 0.6) is 5.75 Å². The van der Waals surface area contributed by atoms with Crippen molar-refractivity contribution in [1.82, 2.24) is 0 Å². The van der Waals surface area contributed by atoms with Gasteiger partial charge in [-0.05, 0) is 59.1 Å². The molecule has 0 saturated carbocycles. The summed E-state index contributed by atoms with van der Waals surface area (Å²) >= 11 is 11.7. The third-order valence-electron chi connectivity index (χ3n) is 2.68. The van der Waals surface area contributed by atoms with E-state index in [0.717, 1.165) is 20.7 Å². The van der Waals surface area contributed by atoms with E-state index in [1.807, 2.05) is 31.2 Å². The minimum Gasteiger partial charge on any atom is -0.494 e. The Morgan fingerprint density at radius 2 is 2.00 bits per heavy atom. The molecule has 0 N–H and O–H groups in total. The zero-order valence-electron chi connectivity index (χ0n) is 10.2. The molecule has 0 aliphatic rings. The average molecular weight is 346 g/mol. The van der Waals surface area contributed by atoms with E-state index < -0.39 is 0 Å². The van der Waals surface area contributed by atoms with Gasteiger partial charge in [-0.25, -0.2) is 0 Å². The number of ether oxygens (including phenoxy) is 1. The third-order valence-corrected chi connectivity index (χ3v) is 4.74. The maximum Gasteiger partial charge on any atom is 0.119 e. The summed E-state index contributed by atoms with van der Waals surface area (Å²) in [6.07, 6.45) is 0. The number of rotatable bonds is 4. The summed E-state index contributed by atoms with van der Waals surface area (Å²) in [6, 6.07) is 10.1. The molecule has 0 aliphatic heterocycles. The van der Waals surface area contributed by atoms with Crippen molar-refractivity contribution in [3.05, 3.63) is 50.1 Å². The van der Waals surface area contributed by atoms with E-state index in [1.165, 1.54) is 4.88 Å². The van der Waals surface area contributed by atoms with Crippen LogP contribution in [0.4, 0.5) is 0 Å². The summed E-state index contributed by atoms with van der Waals surface area (Å²) in [5.41, 5.74) is 2.26. The molecule has 18 heavy (non-hydrogen) atoms. The first-order valence-electron chi connectivity index (χ1n) is 5.74. The Morgan fingerprint density at radius 3 is 2.50 bits per heavy atom. The number of alkyl halides is 1. The number of hydrogen-bond acceptors (Lipinski definition) is 2. The van der Waals surface area contributed by atoms with Gasteiger partial charge < -0.3 is 4.74 Å². The van der Waals surface area contributed by atoms with Crippen LogP contribution in [0.2, 0.25) is 0 Å². The second-order valence-corrected chi connectivity index (χ2v) is 7.00. The molecular formula is C14H14BrClOS. The molecule has 0 fully saturated rings. The van der Waals surface area contributed by atoms with Crippen LogP contribution >= 0.6 is 38.9 Å². The monoisotopic (exact) mass is 344 g/mol. The average Bonchev–Trinajstić information content (AvgIpc) is 2.69. The van der Waals surface area contributed by atoms with Crippen molar-refractivity contribution in [2.45, 2.75) is 19.2 Å². The third kappa shape index (κ3) is 3.08. The Kier molecular flexibility index (Phi) is 4.71. The molecule has 2 rings (SSSR count). The number of thiophene rings is 1. The quantitative estimate of drug-likeness (QED) is 0.660. The zero-order valence-corrected chi connectivity index (χ0v) is 13.4. The van der Waals surface area contributed by atoms with Gasteiger partial charge >= 0.3 is 0 Å². The summed E-state index contributed by atoms with van der Waals surface area (Å²) < 4.78 is 6.54. The molecule has 4 heteroatoms. The Balaban J connectivity index is 2.23. The Hall–Kier alpha value is -0.510. The van der Waals surface area contributed by atoms with Gasteiger partial charge in [-0.3, -0.25) is 0 Å². The summed E-state index contributed by atoms with van der Waals surface area (Å²) in [5.74, 6) is 0.883. The zero-order chi connectivity index (χ0) is 13.1. The largest absolute Gasteiger partial charge is 0.494 e. The van der Waals surface area contributed by atoms with Crippen LogP contribution < -0.4 is 4.74 Å². The molecule has 0 radical (unpaired) electrons. The molecule has 0 bridgehead atoms. The van der Waals surface area contributed by atoms with Gasteiger partial charge in [-0.1, -0.05) is 12.1 Å². The second-order valence-electron chi connectivity index (χ2n) is 3.93. The summed E-state index contributed by atoms with van der Waals surface area (Å²) in [6.45, 7) is 4.75. The van der Waals surface area contributed by atoms with E-state index in [2.05, 4.69) is 28.9 Å². The highest BCUT2D eigenvalue weighted by Crippen LogP contribution is 2.37. The molecule has 1 atom stereocenters. The lowest BCUT2D eigenvalue weighted by Crippen LogP contribution is -1.95. The van der Waals surface area contributed by atoms with Gasteiger partial charge in [-0.2, -0.15) is 0 Å². The summed E-state index contributed by atoms with van der Waals surface area (Å²) in [4.78, 5) is 1.25. The molecule has 0 spiro atoms. The predicted molar refractivity (Wildman–Crippen MR) is 82.1 cm³/mol. The molecule has 0 aliphatic carbocycles. The highest BCUT2D eigenvalue weighted by atomic mass is 79.9. The van der Waals surface area contributed by atoms with E-state index in [0.29, 0.717) is 6.61 Å². The Morgan fingerprint density at radius 1 is 1.33 bits per heavy atom. The van der Waals surface area contributed by atoms with Crippen LogP contribution in [-0.2, 0) is 0 Å². The van der Waals surface area contributed by atoms with Crippen molar-refractivity contribution >= 4 is 38.9 Å². The first-order valence-corrected chi connectivity index (χ1v) is 7.79. The lowest BCUT2D eigenvalue weighted by atomic mass is 10.1. The molecule has 0 saturated heterocycles. The van der Waals surface area contributed by atoms with Gasteiger partial charge in [-0.15, -0.1) is 22.9 Å². The Bertz CT molecular complexity index is 521. The molecule has 1 aromatic heterocycles. The molecule has 0 amide bonds. The van der Waals surface area contributed by atoms with Crippen molar-refractivity contribution in [3.8, 4) is 5.75 Å². The maximum absolute atomic E-state index is 6.52. The molecule has 1 unspecified atom stereocenters. The van der Waals surface area contributed by atoms with E-state index in [1.54, 1.807) is 11.3 Å². The minimum absolute atomic E-state index is 0.108. The predicted octanol–water partition coefficient (Wildman–Crippen LogP) is 5.55. The highest BCUT2D eigenvalue weighted by molar-refractivity contribution is 9.11. The van der Waals surface area contributed by atoms with Gasteiger partial charge in [0.25, 0.3) is 0 Å². The van der Waals surface area contributed by atoms with Crippen LogP contribution in [0.15, 0.2) is 34.1 Å². The maximum atomic E-state index is 6.52. The van der Waals surface area contributed by atoms with E-state index in [-0.39, 0.29) is 5.38 Å². The number of hydrogen-bond donors (Lipinski definition) is 0. The van der Waals surface area contributed by atoms with Crippen molar-refractivity contribution in [3.63, 3.8) is 0 Å². The topological polar surface area (TPSA) is 9.23 Å². The van der Waals surface area contributed by atoms with Crippen LogP contribution in [0.25, 0.3) is 0 Å². The first-order chi connectivity index (χ1) is 8.61. The van der Waals surface area contributed by atoms with E-state index >= 15 is 0 Å². The first kappa shape index (κ1) is 13.9. The fraction of sp³-hybridized carbons (Fsp3) is 0.286. The van der Waals surface area contributed by atoms with Gasteiger partial charge in [0.05, 0.1) is 15.8 Å². The molecular weight excluding hydrogens is 332 g/mol. The molecule has 1 nitrogen and oxygen atoms in total. The number of aryl methyl sites for hydroxylation is 1. The van der Waals surface area contributed by atoms with Crippen molar-refractivity contribution < 1.29 is 4.74 Å². The number of benzene rings is 1. The van der Waals surface area contributed by atoms with E-state index in [9.17, 15) is 0 Å². The van der Waals surface area contributed by atoms with E-state index in [4.69, 9.17) is 16.3 Å². The highest BCUT2D eigenvalue weighted by Gasteiger charge is 2.15. The molecule has 96 valence electrons. The lowest BCUT2D eigenvalue weighted by Gasteiger charge is -2.10. The summed E-state index contributed by atoms with van der Waals surface area (Å²) in [5, 5.41) is -0.108. The molecule has 1 heterocycles. The number of halogens is 2. The Labute approximate surface area is 125 Å². The fourth-order valence-electron chi connectivity index (χ4n) is 1.79. The van der Waals surface area contributed by atoms with Gasteiger partial charge in [0.1, 0.15) is 5.75 Å². The normalized spacial score (nSPS) is 12.4. The van der Waals surface area contributed by atoms with Crippen LogP contribution in [0.3, 0.4) is 0 Å². The van der Waals surface area contributed by atoms with Crippen LogP contribution in [0.1, 0.15) is 28.3 Å². The van der Waals surface area contributed by atoms with Gasteiger partial charge in [0.15, 0.2) is 0 Å². The van der Waals surface area contributed by atoms with Crippen LogP contribution in [0, 0.1) is 6.92 Å². The smallest absolute Gasteiger partial charge is 0.119 e. The SMILES string of the molecule is CCOc1ccc(C(Cl)c2cc(Br)sc2C)cc1. The standard InChI is InChI=1S/C14H14BrClOS/c1-3-17-11-6-4-10(5-7-11)14(16)12-8-13(15)18-9(12)2/h4-8,14H,3H2,1-2H3. The lowest BCUT2D eigenvalue weighted by molar-refractivity contribution is 0.340. The van der Waals surface area contributed by atoms with Gasteiger partial charge in [0.2, 0.25) is 0 Å². The summed E-state index contributed by atoms with van der Waals surface area (Å²) in [7, 11) is 0. The fourth-order valence-corrected chi connectivity index (χ4v) is 3.97. The van der Waals surface area contributed by atoms with Crippen molar-refractivity contribution in [2.24, 2.45) is 0 Å². The molecule has 2 aromatic rings. The molecule has 1 aromatic carbocycles. The minimum atomic E-state index is -0.108. The van der Waals surface area contributed by atoms with Crippen molar-refractivity contribution in [1.29, 1.82) is 0 Å². The second kappa shape index (κ2) is 6.09.